The molecule has 0 aliphatic heterocycles. The Bertz CT molecular complexity index is 664. The van der Waals surface area contributed by atoms with Crippen LogP contribution in [0.3, 0.4) is 0 Å². The van der Waals surface area contributed by atoms with Gasteiger partial charge in [-0.1, -0.05) is 6.92 Å². The Morgan fingerprint density at radius 3 is 2.75 bits per heavy atom. The van der Waals surface area contributed by atoms with Crippen LogP contribution in [0.25, 0.3) is 0 Å². The molecule has 0 radical (unpaired) electrons. The number of hydrogen-bond acceptors (Lipinski definition) is 4. The van der Waals surface area contributed by atoms with Gasteiger partial charge in [-0.25, -0.2) is 4.79 Å². The van der Waals surface area contributed by atoms with Crippen molar-refractivity contribution in [2.24, 2.45) is 0 Å². The third kappa shape index (κ3) is 2.80. The summed E-state index contributed by atoms with van der Waals surface area (Å²) in [4.78, 5) is 23.9. The maximum Gasteiger partial charge on any atom is 0.337 e. The summed E-state index contributed by atoms with van der Waals surface area (Å²) in [5.74, 6) is -1.43. The molecule has 0 saturated carbocycles. The standard InChI is InChI=1S/C14H14N2O3S/c1-2-8-5-6-20-12(8)13(17)16-11-4-3-9(15)7-10(11)14(18)19/h3-7H,2,15H2,1H3,(H,16,17)(H,18,19). The van der Waals surface area contributed by atoms with Gasteiger partial charge in [-0.3, -0.25) is 4.79 Å². The van der Waals surface area contributed by atoms with Gasteiger partial charge in [0.25, 0.3) is 5.91 Å². The predicted molar refractivity (Wildman–Crippen MR) is 79.5 cm³/mol. The first-order valence-corrected chi connectivity index (χ1v) is 6.91. The minimum Gasteiger partial charge on any atom is -0.478 e. The zero-order chi connectivity index (χ0) is 14.7. The molecule has 1 aromatic carbocycles. The summed E-state index contributed by atoms with van der Waals surface area (Å²) in [5, 5.41) is 13.6. The number of carboxylic acid groups (broad SMARTS) is 1. The Hall–Kier alpha value is -2.34. The van der Waals surface area contributed by atoms with Gasteiger partial charge in [0.1, 0.15) is 0 Å². The van der Waals surface area contributed by atoms with E-state index in [2.05, 4.69) is 5.32 Å². The number of aryl methyl sites for hydroxylation is 1. The Kier molecular flexibility index (Phi) is 4.05. The number of thiophene rings is 1. The zero-order valence-electron chi connectivity index (χ0n) is 10.8. The summed E-state index contributed by atoms with van der Waals surface area (Å²) in [6.07, 6.45) is 0.750. The molecule has 2 rings (SSSR count). The van der Waals surface area contributed by atoms with E-state index in [1.807, 2.05) is 18.4 Å². The van der Waals surface area contributed by atoms with Gasteiger partial charge in [0.15, 0.2) is 0 Å². The van der Waals surface area contributed by atoms with Crippen molar-refractivity contribution >= 4 is 34.6 Å². The molecule has 0 aliphatic rings. The number of rotatable bonds is 4. The quantitative estimate of drug-likeness (QED) is 0.755. The number of nitrogens with two attached hydrogens (primary N) is 1. The summed E-state index contributed by atoms with van der Waals surface area (Å²) in [6.45, 7) is 1.96. The van der Waals surface area contributed by atoms with Crippen LogP contribution in [0.4, 0.5) is 11.4 Å². The number of carboxylic acids is 1. The lowest BCUT2D eigenvalue weighted by molar-refractivity contribution is 0.0698. The molecule has 0 aliphatic carbocycles. The topological polar surface area (TPSA) is 92.4 Å². The Morgan fingerprint density at radius 2 is 2.10 bits per heavy atom. The van der Waals surface area contributed by atoms with Crippen molar-refractivity contribution in [3.63, 3.8) is 0 Å². The van der Waals surface area contributed by atoms with Crippen LogP contribution < -0.4 is 11.1 Å². The summed E-state index contributed by atoms with van der Waals surface area (Å²) in [7, 11) is 0. The fourth-order valence-electron chi connectivity index (χ4n) is 1.84. The van der Waals surface area contributed by atoms with Gasteiger partial charge in [0, 0.05) is 5.69 Å². The van der Waals surface area contributed by atoms with E-state index in [-0.39, 0.29) is 17.2 Å². The Balaban J connectivity index is 2.31. The van der Waals surface area contributed by atoms with E-state index >= 15 is 0 Å². The summed E-state index contributed by atoms with van der Waals surface area (Å²) in [6, 6.07) is 6.26. The molecule has 0 unspecified atom stereocenters. The molecular formula is C14H14N2O3S. The molecule has 5 nitrogen and oxygen atoms in total. The second kappa shape index (κ2) is 5.75. The van der Waals surface area contributed by atoms with Crippen LogP contribution in [-0.2, 0) is 6.42 Å². The first-order valence-electron chi connectivity index (χ1n) is 6.03. The maximum atomic E-state index is 12.2. The van der Waals surface area contributed by atoms with E-state index in [1.165, 1.54) is 23.5 Å². The van der Waals surface area contributed by atoms with Crippen molar-refractivity contribution in [2.75, 3.05) is 11.1 Å². The smallest absolute Gasteiger partial charge is 0.337 e. The number of amides is 1. The van der Waals surface area contributed by atoms with E-state index in [1.54, 1.807) is 6.07 Å². The van der Waals surface area contributed by atoms with Crippen LogP contribution in [0.2, 0.25) is 0 Å². The van der Waals surface area contributed by atoms with E-state index in [0.29, 0.717) is 10.6 Å². The summed E-state index contributed by atoms with van der Waals surface area (Å²) in [5.41, 5.74) is 7.07. The minimum atomic E-state index is -1.13. The lowest BCUT2D eigenvalue weighted by Gasteiger charge is -2.09. The van der Waals surface area contributed by atoms with Gasteiger partial charge in [0.05, 0.1) is 16.1 Å². The third-order valence-corrected chi connectivity index (χ3v) is 3.81. The highest BCUT2D eigenvalue weighted by molar-refractivity contribution is 7.12. The largest absolute Gasteiger partial charge is 0.478 e. The molecule has 1 heterocycles. The van der Waals surface area contributed by atoms with Crippen molar-refractivity contribution in [3.05, 3.63) is 45.6 Å². The van der Waals surface area contributed by atoms with Crippen molar-refractivity contribution < 1.29 is 14.7 Å². The minimum absolute atomic E-state index is 0.0204. The van der Waals surface area contributed by atoms with Crippen molar-refractivity contribution in [3.8, 4) is 0 Å². The molecule has 0 atom stereocenters. The van der Waals surface area contributed by atoms with Gasteiger partial charge in [-0.15, -0.1) is 11.3 Å². The van der Waals surface area contributed by atoms with Gasteiger partial charge in [-0.05, 0) is 41.6 Å². The number of nitrogen functional groups attached to an aromatic ring is 1. The fraction of sp³-hybridized carbons (Fsp3) is 0.143. The molecule has 0 fully saturated rings. The highest BCUT2D eigenvalue weighted by Gasteiger charge is 2.16. The van der Waals surface area contributed by atoms with Gasteiger partial charge in [-0.2, -0.15) is 0 Å². The van der Waals surface area contributed by atoms with Gasteiger partial charge < -0.3 is 16.2 Å². The van der Waals surface area contributed by atoms with Crippen LogP contribution in [-0.4, -0.2) is 17.0 Å². The first kappa shape index (κ1) is 14.1. The molecule has 1 amide bonds. The Morgan fingerprint density at radius 1 is 1.35 bits per heavy atom. The van der Waals surface area contributed by atoms with Crippen molar-refractivity contribution in [1.82, 2.24) is 0 Å². The second-order valence-corrected chi connectivity index (χ2v) is 5.11. The van der Waals surface area contributed by atoms with E-state index in [0.717, 1.165) is 12.0 Å². The van der Waals surface area contributed by atoms with Crippen LogP contribution in [0.5, 0.6) is 0 Å². The van der Waals surface area contributed by atoms with Crippen LogP contribution in [0, 0.1) is 0 Å². The molecule has 4 N–H and O–H groups in total. The second-order valence-electron chi connectivity index (χ2n) is 4.19. The van der Waals surface area contributed by atoms with Gasteiger partial charge >= 0.3 is 5.97 Å². The highest BCUT2D eigenvalue weighted by Crippen LogP contribution is 2.23. The Labute approximate surface area is 120 Å². The number of carbonyl (C=O) groups is 2. The molecule has 0 saturated heterocycles. The van der Waals surface area contributed by atoms with Crippen LogP contribution in [0.1, 0.15) is 32.5 Å². The number of benzene rings is 1. The van der Waals surface area contributed by atoms with Crippen LogP contribution >= 0.6 is 11.3 Å². The highest BCUT2D eigenvalue weighted by atomic mass is 32.1. The lowest BCUT2D eigenvalue weighted by atomic mass is 10.1. The molecule has 104 valence electrons. The lowest BCUT2D eigenvalue weighted by Crippen LogP contribution is -2.15. The molecular weight excluding hydrogens is 276 g/mol. The molecule has 0 spiro atoms. The average Bonchev–Trinajstić information content (AvgIpc) is 2.89. The average molecular weight is 290 g/mol. The SMILES string of the molecule is CCc1ccsc1C(=O)Nc1ccc(N)cc1C(=O)O. The maximum absolute atomic E-state index is 12.2. The summed E-state index contributed by atoms with van der Waals surface area (Å²) >= 11 is 1.33. The number of aromatic carboxylic acids is 1. The summed E-state index contributed by atoms with van der Waals surface area (Å²) < 4.78 is 0. The predicted octanol–water partition coefficient (Wildman–Crippen LogP) is 2.84. The zero-order valence-corrected chi connectivity index (χ0v) is 11.7. The molecule has 6 heteroatoms. The third-order valence-electron chi connectivity index (χ3n) is 2.86. The van der Waals surface area contributed by atoms with Crippen molar-refractivity contribution in [1.29, 1.82) is 0 Å². The molecule has 2 aromatic rings. The number of carbonyl (C=O) groups excluding carboxylic acids is 1. The number of anilines is 2. The normalized spacial score (nSPS) is 10.2. The van der Waals surface area contributed by atoms with Crippen molar-refractivity contribution in [2.45, 2.75) is 13.3 Å². The monoisotopic (exact) mass is 290 g/mol. The van der Waals surface area contributed by atoms with Crippen LogP contribution in [0.15, 0.2) is 29.6 Å². The van der Waals surface area contributed by atoms with E-state index in [9.17, 15) is 9.59 Å². The molecule has 20 heavy (non-hydrogen) atoms. The first-order chi connectivity index (χ1) is 9.52. The van der Waals surface area contributed by atoms with E-state index < -0.39 is 5.97 Å². The number of nitrogens with one attached hydrogen (secondary N) is 1. The fourth-order valence-corrected chi connectivity index (χ4v) is 2.73. The number of hydrogen-bond donors (Lipinski definition) is 3. The van der Waals surface area contributed by atoms with Gasteiger partial charge in [0.2, 0.25) is 0 Å². The molecule has 1 aromatic heterocycles. The molecule has 0 bridgehead atoms. The van der Waals surface area contributed by atoms with E-state index in [4.69, 9.17) is 10.8 Å².